The van der Waals surface area contributed by atoms with Crippen LogP contribution in [0.3, 0.4) is 0 Å². The lowest BCUT2D eigenvalue weighted by molar-refractivity contribution is 0.604. The number of aromatic nitrogens is 2. The molecule has 1 aliphatic heterocycles. The Bertz CT molecular complexity index is 3010. The lowest BCUT2D eigenvalue weighted by atomic mass is 9.91. The van der Waals surface area contributed by atoms with Gasteiger partial charge in [0.05, 0.1) is 27.8 Å². The first-order chi connectivity index (χ1) is 25.3. The average Bonchev–Trinajstić information content (AvgIpc) is 3.85. The number of fused-ring (bicyclic) bond motifs is 9. The summed E-state index contributed by atoms with van der Waals surface area (Å²) in [5.41, 5.74) is 13.7. The summed E-state index contributed by atoms with van der Waals surface area (Å²) >= 11 is 0. The number of anilines is 1. The van der Waals surface area contributed by atoms with Gasteiger partial charge in [0.1, 0.15) is 5.58 Å². The van der Waals surface area contributed by atoms with Gasteiger partial charge in [-0.05, 0) is 101 Å². The molecule has 0 spiro atoms. The molecule has 4 nitrogen and oxygen atoms in total. The van der Waals surface area contributed by atoms with E-state index in [0.29, 0.717) is 0 Å². The number of para-hydroxylation sites is 4. The first-order valence-corrected chi connectivity index (χ1v) is 17.5. The highest BCUT2D eigenvalue weighted by Gasteiger charge is 2.21. The molecule has 51 heavy (non-hydrogen) atoms. The fourth-order valence-electron chi connectivity index (χ4n) is 8.25. The number of hydrogen-bond acceptors (Lipinski definition) is 2. The Labute approximate surface area is 294 Å². The van der Waals surface area contributed by atoms with Gasteiger partial charge < -0.3 is 18.9 Å². The minimum absolute atomic E-state index is 0.790. The number of furan rings is 1. The van der Waals surface area contributed by atoms with Crippen LogP contribution in [0, 0.1) is 0 Å². The van der Waals surface area contributed by atoms with E-state index in [1.165, 1.54) is 60.3 Å². The Kier molecular flexibility index (Phi) is 5.98. The molecule has 4 heteroatoms. The van der Waals surface area contributed by atoms with Crippen LogP contribution in [0.4, 0.5) is 5.69 Å². The summed E-state index contributed by atoms with van der Waals surface area (Å²) in [6.45, 7) is 0.790. The van der Waals surface area contributed by atoms with E-state index in [-0.39, 0.29) is 0 Å². The quantitative estimate of drug-likeness (QED) is 0.205. The maximum atomic E-state index is 6.25. The topological polar surface area (TPSA) is 35.0 Å². The molecule has 0 saturated heterocycles. The van der Waals surface area contributed by atoms with Crippen molar-refractivity contribution >= 4 is 66.3 Å². The number of nitrogens with zero attached hydrogens (tertiary/aromatic N) is 2. The second kappa shape index (κ2) is 10.9. The average molecular weight is 654 g/mol. The smallest absolute Gasteiger partial charge is 0.151 e. The van der Waals surface area contributed by atoms with Crippen LogP contribution in [0.1, 0.15) is 5.76 Å². The van der Waals surface area contributed by atoms with Gasteiger partial charge in [0.15, 0.2) is 5.76 Å². The van der Waals surface area contributed by atoms with Crippen molar-refractivity contribution in [2.45, 2.75) is 0 Å². The number of nitrogens with one attached hydrogen (secondary N) is 1. The van der Waals surface area contributed by atoms with Crippen molar-refractivity contribution in [2.24, 2.45) is 0 Å². The zero-order chi connectivity index (χ0) is 33.5. The molecule has 10 aromatic rings. The third-order valence-corrected chi connectivity index (χ3v) is 10.5. The van der Waals surface area contributed by atoms with Crippen LogP contribution in [-0.2, 0) is 0 Å². The Morgan fingerprint density at radius 1 is 0.451 bits per heavy atom. The molecule has 0 unspecified atom stereocenters. The van der Waals surface area contributed by atoms with E-state index in [1.807, 2.05) is 0 Å². The van der Waals surface area contributed by atoms with E-state index in [4.69, 9.17) is 4.42 Å². The first kappa shape index (κ1) is 28.1. The molecular weight excluding hydrogens is 623 g/mol. The van der Waals surface area contributed by atoms with E-state index < -0.39 is 0 Å². The van der Waals surface area contributed by atoms with E-state index >= 15 is 0 Å². The normalized spacial score (nSPS) is 12.7. The Balaban J connectivity index is 1.23. The van der Waals surface area contributed by atoms with Gasteiger partial charge in [-0.15, -0.1) is 0 Å². The second-order valence-corrected chi connectivity index (χ2v) is 13.4. The van der Waals surface area contributed by atoms with Crippen LogP contribution in [0.15, 0.2) is 168 Å². The molecule has 0 radical (unpaired) electrons. The SMILES string of the molecule is C1=Cc2oc3ccc(-c4cc5c6ccccc6n(-c6ccccc6)c5cc4-c4ccc5c(c4)c4ccccc4n5-c4ccccc4)cc3c2NC1. The fraction of sp³-hybridized carbons (Fsp3) is 0.0213. The van der Waals surface area contributed by atoms with Crippen LogP contribution in [0.2, 0.25) is 0 Å². The van der Waals surface area contributed by atoms with Crippen LogP contribution in [0.25, 0.3) is 94.3 Å². The molecule has 0 atom stereocenters. The van der Waals surface area contributed by atoms with Crippen molar-refractivity contribution in [1.82, 2.24) is 9.13 Å². The molecule has 0 amide bonds. The largest absolute Gasteiger partial charge is 0.454 e. The van der Waals surface area contributed by atoms with Crippen LogP contribution < -0.4 is 5.32 Å². The Morgan fingerprint density at radius 2 is 1.00 bits per heavy atom. The first-order valence-electron chi connectivity index (χ1n) is 17.5. The maximum absolute atomic E-state index is 6.25. The van der Waals surface area contributed by atoms with Gasteiger partial charge in [-0.1, -0.05) is 91.0 Å². The molecule has 0 aliphatic carbocycles. The summed E-state index contributed by atoms with van der Waals surface area (Å²) in [4.78, 5) is 0. The molecule has 1 aliphatic rings. The molecule has 0 saturated carbocycles. The molecule has 0 fully saturated rings. The Morgan fingerprint density at radius 3 is 1.71 bits per heavy atom. The van der Waals surface area contributed by atoms with Gasteiger partial charge in [0, 0.05) is 44.9 Å². The number of hydrogen-bond donors (Lipinski definition) is 1. The van der Waals surface area contributed by atoms with Gasteiger partial charge >= 0.3 is 0 Å². The van der Waals surface area contributed by atoms with Crippen molar-refractivity contribution in [3.8, 4) is 33.6 Å². The summed E-state index contributed by atoms with van der Waals surface area (Å²) in [6, 6.07) is 57.3. The molecule has 3 aromatic heterocycles. The van der Waals surface area contributed by atoms with E-state index in [2.05, 4.69) is 184 Å². The molecule has 7 aromatic carbocycles. The predicted octanol–water partition coefficient (Wildman–Crippen LogP) is 12.4. The lowest BCUT2D eigenvalue weighted by Crippen LogP contribution is -2.02. The van der Waals surface area contributed by atoms with Gasteiger partial charge in [0.2, 0.25) is 0 Å². The standard InChI is InChI=1S/C47H31N3O/c1-3-12-32(13-4-1)49-41-18-9-7-16-34(41)38-26-30(21-23-43(38)49)37-29-44-39(35-17-8-10-19-42(35)50(44)33-14-5-2-6-15-33)28-36(37)31-22-24-45-40(27-31)47-46(51-45)20-11-25-48-47/h1-24,26-29,48H,25H2. The summed E-state index contributed by atoms with van der Waals surface area (Å²) in [6.07, 6.45) is 4.17. The van der Waals surface area contributed by atoms with Crippen LogP contribution >= 0.6 is 0 Å². The summed E-state index contributed by atoms with van der Waals surface area (Å²) in [5.74, 6) is 0.885. The zero-order valence-corrected chi connectivity index (χ0v) is 27.7. The van der Waals surface area contributed by atoms with E-state index in [1.54, 1.807) is 0 Å². The van der Waals surface area contributed by atoms with Crippen molar-refractivity contribution < 1.29 is 4.42 Å². The van der Waals surface area contributed by atoms with E-state index in [0.717, 1.165) is 45.9 Å². The molecule has 11 rings (SSSR count). The molecule has 0 bridgehead atoms. The fourth-order valence-corrected chi connectivity index (χ4v) is 8.25. The highest BCUT2D eigenvalue weighted by atomic mass is 16.3. The second-order valence-electron chi connectivity index (χ2n) is 13.4. The maximum Gasteiger partial charge on any atom is 0.151 e. The summed E-state index contributed by atoms with van der Waals surface area (Å²) < 4.78 is 11.0. The highest BCUT2D eigenvalue weighted by Crippen LogP contribution is 2.44. The monoisotopic (exact) mass is 653 g/mol. The van der Waals surface area contributed by atoms with Gasteiger partial charge in [-0.25, -0.2) is 0 Å². The molecule has 240 valence electrons. The van der Waals surface area contributed by atoms with Gasteiger partial charge in [0.25, 0.3) is 0 Å². The zero-order valence-electron chi connectivity index (χ0n) is 27.7. The summed E-state index contributed by atoms with van der Waals surface area (Å²) in [5, 5.41) is 9.59. The molecule has 1 N–H and O–H groups in total. The van der Waals surface area contributed by atoms with E-state index in [9.17, 15) is 0 Å². The number of benzene rings is 7. The third-order valence-electron chi connectivity index (χ3n) is 10.5. The van der Waals surface area contributed by atoms with Gasteiger partial charge in [-0.3, -0.25) is 0 Å². The highest BCUT2D eigenvalue weighted by molar-refractivity contribution is 6.15. The number of rotatable bonds is 4. The third kappa shape index (κ3) is 4.20. The Hall–Kier alpha value is -6.78. The van der Waals surface area contributed by atoms with Crippen LogP contribution in [-0.4, -0.2) is 15.7 Å². The molecular formula is C47H31N3O. The van der Waals surface area contributed by atoms with Crippen molar-refractivity contribution in [2.75, 3.05) is 11.9 Å². The van der Waals surface area contributed by atoms with Crippen molar-refractivity contribution in [3.63, 3.8) is 0 Å². The van der Waals surface area contributed by atoms with Crippen LogP contribution in [0.5, 0.6) is 0 Å². The summed E-state index contributed by atoms with van der Waals surface area (Å²) in [7, 11) is 0. The van der Waals surface area contributed by atoms with Gasteiger partial charge in [-0.2, -0.15) is 0 Å². The minimum atomic E-state index is 0.790. The minimum Gasteiger partial charge on any atom is -0.454 e. The van der Waals surface area contributed by atoms with Crippen molar-refractivity contribution in [3.05, 3.63) is 170 Å². The molecule has 4 heterocycles. The lowest BCUT2D eigenvalue weighted by Gasteiger charge is -2.15. The van der Waals surface area contributed by atoms with Crippen molar-refractivity contribution in [1.29, 1.82) is 0 Å². The predicted molar refractivity (Wildman–Crippen MR) is 213 cm³/mol.